The van der Waals surface area contributed by atoms with Gasteiger partial charge >= 0.3 is 0 Å². The third-order valence-electron chi connectivity index (χ3n) is 3.35. The van der Waals surface area contributed by atoms with Crippen LogP contribution in [-0.2, 0) is 4.74 Å². The van der Waals surface area contributed by atoms with E-state index >= 15 is 0 Å². The van der Waals surface area contributed by atoms with E-state index in [9.17, 15) is 9.90 Å². The Balaban J connectivity index is 0.00000625. The Bertz CT molecular complexity index is 524. The maximum atomic E-state index is 11.9. The van der Waals surface area contributed by atoms with E-state index in [0.29, 0.717) is 18.7 Å². The first-order valence-electron chi connectivity index (χ1n) is 8.84. The zero-order chi connectivity index (χ0) is 18.3. The van der Waals surface area contributed by atoms with Crippen molar-refractivity contribution >= 4 is 35.8 Å². The highest BCUT2D eigenvalue weighted by atomic mass is 127. The van der Waals surface area contributed by atoms with Gasteiger partial charge in [0.25, 0.3) is 5.91 Å². The Kier molecular flexibility index (Phi) is 14.8. The summed E-state index contributed by atoms with van der Waals surface area (Å²) in [7, 11) is 0. The molecule has 1 aromatic carbocycles. The lowest BCUT2D eigenvalue weighted by atomic mass is 10.2. The molecule has 0 atom stereocenters. The number of nitrogens with one attached hydrogen (secondary N) is 3. The number of ether oxygens (including phenoxy) is 1. The lowest BCUT2D eigenvalue weighted by Crippen LogP contribution is -2.41. The number of aliphatic imine (C=N–C) groups is 1. The zero-order valence-electron chi connectivity index (χ0n) is 15.6. The van der Waals surface area contributed by atoms with E-state index in [1.165, 1.54) is 12.1 Å². The molecule has 0 unspecified atom stereocenters. The Morgan fingerprint density at radius 3 is 2.42 bits per heavy atom. The highest BCUT2D eigenvalue weighted by Crippen LogP contribution is 2.09. The van der Waals surface area contributed by atoms with Crippen LogP contribution in [0.15, 0.2) is 29.3 Å². The maximum absolute atomic E-state index is 11.9. The predicted octanol–water partition coefficient (Wildman–Crippen LogP) is 2.11. The molecule has 0 aromatic heterocycles. The molecule has 0 bridgehead atoms. The molecule has 0 heterocycles. The normalized spacial score (nSPS) is 10.8. The molecule has 0 saturated carbocycles. The predicted molar refractivity (Wildman–Crippen MR) is 116 cm³/mol. The van der Waals surface area contributed by atoms with Crippen LogP contribution in [0.2, 0.25) is 0 Å². The second-order valence-corrected chi connectivity index (χ2v) is 5.39. The number of rotatable bonds is 11. The van der Waals surface area contributed by atoms with Gasteiger partial charge in [0, 0.05) is 45.0 Å². The minimum absolute atomic E-state index is 0. The van der Waals surface area contributed by atoms with Crippen LogP contribution in [0.1, 0.15) is 37.0 Å². The van der Waals surface area contributed by atoms with Crippen molar-refractivity contribution in [3.63, 3.8) is 0 Å². The molecule has 8 heteroatoms. The number of benzene rings is 1. The summed E-state index contributed by atoms with van der Waals surface area (Å²) in [5.74, 6) is 0.725. The molecule has 1 rings (SSSR count). The zero-order valence-corrected chi connectivity index (χ0v) is 17.9. The molecule has 0 aliphatic rings. The molecule has 148 valence electrons. The van der Waals surface area contributed by atoms with Crippen LogP contribution in [0.3, 0.4) is 0 Å². The van der Waals surface area contributed by atoms with E-state index < -0.39 is 0 Å². The first kappa shape index (κ1) is 24.5. The van der Waals surface area contributed by atoms with Crippen LogP contribution in [0.25, 0.3) is 0 Å². The van der Waals surface area contributed by atoms with Crippen LogP contribution in [-0.4, -0.2) is 56.4 Å². The number of carbonyl (C=O) groups is 1. The summed E-state index contributed by atoms with van der Waals surface area (Å²) in [6, 6.07) is 6.17. The van der Waals surface area contributed by atoms with Crippen molar-refractivity contribution in [3.05, 3.63) is 29.8 Å². The minimum Gasteiger partial charge on any atom is -0.508 e. The molecule has 0 fully saturated rings. The number of nitrogens with zero attached hydrogens (tertiary/aromatic N) is 1. The van der Waals surface area contributed by atoms with Crippen molar-refractivity contribution in [2.45, 2.75) is 26.7 Å². The monoisotopic (exact) mass is 478 g/mol. The largest absolute Gasteiger partial charge is 0.508 e. The van der Waals surface area contributed by atoms with E-state index in [0.717, 1.165) is 45.1 Å². The van der Waals surface area contributed by atoms with Crippen LogP contribution in [0.4, 0.5) is 0 Å². The molecular weight excluding hydrogens is 447 g/mol. The molecule has 4 N–H and O–H groups in total. The summed E-state index contributed by atoms with van der Waals surface area (Å²) in [5.41, 5.74) is 0.521. The van der Waals surface area contributed by atoms with Gasteiger partial charge in [0.05, 0.1) is 0 Å². The van der Waals surface area contributed by atoms with Crippen molar-refractivity contribution in [2.75, 3.05) is 39.4 Å². The number of phenolic OH excluding ortho intramolecular Hbond substituents is 1. The van der Waals surface area contributed by atoms with Crippen molar-refractivity contribution in [3.8, 4) is 5.75 Å². The maximum Gasteiger partial charge on any atom is 0.251 e. The van der Waals surface area contributed by atoms with Crippen LogP contribution in [0, 0.1) is 0 Å². The first-order valence-corrected chi connectivity index (χ1v) is 8.84. The second-order valence-electron chi connectivity index (χ2n) is 5.39. The fourth-order valence-electron chi connectivity index (χ4n) is 2.06. The quantitative estimate of drug-likeness (QED) is 0.169. The number of unbranched alkanes of at least 4 members (excludes halogenated alkanes) is 1. The van der Waals surface area contributed by atoms with Crippen molar-refractivity contribution in [1.29, 1.82) is 0 Å². The van der Waals surface area contributed by atoms with Gasteiger partial charge in [0.2, 0.25) is 0 Å². The summed E-state index contributed by atoms with van der Waals surface area (Å²) in [5, 5.41) is 18.4. The smallest absolute Gasteiger partial charge is 0.251 e. The SMILES string of the molecule is CCNC(=NCCCCOCC)NCCNC(=O)c1ccc(O)cc1.I. The number of hydrogen-bond donors (Lipinski definition) is 4. The molecule has 0 saturated heterocycles. The lowest BCUT2D eigenvalue weighted by molar-refractivity contribution is 0.0954. The Morgan fingerprint density at radius 1 is 1.08 bits per heavy atom. The van der Waals surface area contributed by atoms with Gasteiger partial charge in [-0.1, -0.05) is 0 Å². The van der Waals surface area contributed by atoms with Crippen LogP contribution >= 0.6 is 24.0 Å². The molecular formula is C18H31IN4O3. The van der Waals surface area contributed by atoms with Crippen LogP contribution < -0.4 is 16.0 Å². The number of hydrogen-bond acceptors (Lipinski definition) is 4. The molecule has 0 spiro atoms. The highest BCUT2D eigenvalue weighted by Gasteiger charge is 2.04. The summed E-state index contributed by atoms with van der Waals surface area (Å²) in [6.07, 6.45) is 1.98. The van der Waals surface area contributed by atoms with Gasteiger partial charge in [0.1, 0.15) is 5.75 Å². The number of carbonyl (C=O) groups excluding carboxylic acids is 1. The number of halogens is 1. The summed E-state index contributed by atoms with van der Waals surface area (Å²) in [4.78, 5) is 16.4. The average molecular weight is 478 g/mol. The number of guanidine groups is 1. The molecule has 0 aliphatic carbocycles. The molecule has 7 nitrogen and oxygen atoms in total. The summed E-state index contributed by atoms with van der Waals surface area (Å²) >= 11 is 0. The number of phenols is 1. The Morgan fingerprint density at radius 2 is 1.77 bits per heavy atom. The van der Waals surface area contributed by atoms with Gasteiger partial charge in [-0.05, 0) is 51.0 Å². The highest BCUT2D eigenvalue weighted by molar-refractivity contribution is 14.0. The first-order chi connectivity index (χ1) is 12.2. The van der Waals surface area contributed by atoms with E-state index in [2.05, 4.69) is 20.9 Å². The third-order valence-corrected chi connectivity index (χ3v) is 3.35. The van der Waals surface area contributed by atoms with E-state index in [1.807, 2.05) is 13.8 Å². The topological polar surface area (TPSA) is 95.0 Å². The van der Waals surface area contributed by atoms with Crippen molar-refractivity contribution in [1.82, 2.24) is 16.0 Å². The van der Waals surface area contributed by atoms with Crippen LogP contribution in [0.5, 0.6) is 5.75 Å². The molecule has 26 heavy (non-hydrogen) atoms. The standard InChI is InChI=1S/C18H30N4O3.HI/c1-3-19-18(21-11-5-6-14-25-4-2)22-13-12-20-17(24)15-7-9-16(23)10-8-15;/h7-10,23H,3-6,11-14H2,1-2H3,(H,20,24)(H2,19,21,22);1H. The summed E-state index contributed by atoms with van der Waals surface area (Å²) in [6.45, 7) is 8.11. The number of amides is 1. The fourth-order valence-corrected chi connectivity index (χ4v) is 2.06. The molecule has 1 aromatic rings. The minimum atomic E-state index is -0.167. The molecule has 1 amide bonds. The van der Waals surface area contributed by atoms with Crippen molar-refractivity contribution in [2.24, 2.45) is 4.99 Å². The Labute approximate surface area is 173 Å². The lowest BCUT2D eigenvalue weighted by Gasteiger charge is -2.12. The van der Waals surface area contributed by atoms with Gasteiger partial charge in [-0.15, -0.1) is 24.0 Å². The van der Waals surface area contributed by atoms with Gasteiger partial charge in [-0.3, -0.25) is 9.79 Å². The van der Waals surface area contributed by atoms with Gasteiger partial charge < -0.3 is 25.8 Å². The average Bonchev–Trinajstić information content (AvgIpc) is 2.61. The second kappa shape index (κ2) is 15.7. The van der Waals surface area contributed by atoms with E-state index in [-0.39, 0.29) is 35.6 Å². The number of aromatic hydroxyl groups is 1. The Hall–Kier alpha value is -1.55. The third kappa shape index (κ3) is 11.1. The molecule has 0 radical (unpaired) electrons. The van der Waals surface area contributed by atoms with E-state index in [1.54, 1.807) is 12.1 Å². The van der Waals surface area contributed by atoms with Gasteiger partial charge in [-0.25, -0.2) is 0 Å². The van der Waals surface area contributed by atoms with E-state index in [4.69, 9.17) is 4.74 Å². The van der Waals surface area contributed by atoms with Gasteiger partial charge in [0.15, 0.2) is 5.96 Å². The van der Waals surface area contributed by atoms with Crippen molar-refractivity contribution < 1.29 is 14.6 Å². The fraction of sp³-hybridized carbons (Fsp3) is 0.556. The summed E-state index contributed by atoms with van der Waals surface area (Å²) < 4.78 is 5.30. The van der Waals surface area contributed by atoms with Gasteiger partial charge in [-0.2, -0.15) is 0 Å². The molecule has 0 aliphatic heterocycles.